The van der Waals surface area contributed by atoms with Gasteiger partial charge in [-0.1, -0.05) is 0 Å². The molecule has 0 unspecified atom stereocenters. The molecule has 21 heavy (non-hydrogen) atoms. The molecule has 9 heteroatoms. The van der Waals surface area contributed by atoms with Crippen molar-refractivity contribution in [1.29, 1.82) is 0 Å². The van der Waals surface area contributed by atoms with Crippen molar-refractivity contribution >= 4 is 21.7 Å². The fraction of sp³-hybridized carbons (Fsp3) is 0.417. The summed E-state index contributed by atoms with van der Waals surface area (Å²) in [4.78, 5) is 11.3. The van der Waals surface area contributed by atoms with Crippen LogP contribution in [-0.2, 0) is 14.8 Å². The van der Waals surface area contributed by atoms with Gasteiger partial charge in [-0.3, -0.25) is 0 Å². The van der Waals surface area contributed by atoms with Crippen LogP contribution in [0.3, 0.4) is 0 Å². The van der Waals surface area contributed by atoms with Crippen LogP contribution in [0.1, 0.15) is 17.3 Å². The van der Waals surface area contributed by atoms with Crippen molar-refractivity contribution in [3.05, 3.63) is 23.8 Å². The lowest BCUT2D eigenvalue weighted by Crippen LogP contribution is -2.51. The molecule has 0 heterocycles. The summed E-state index contributed by atoms with van der Waals surface area (Å²) in [5.74, 6) is -0.864. The highest BCUT2D eigenvalue weighted by molar-refractivity contribution is 7.89. The normalized spacial score (nSPS) is 12.2. The lowest BCUT2D eigenvalue weighted by atomic mass is 10.1. The number of nitrogens with one attached hydrogen (secondary N) is 1. The Kier molecular flexibility index (Phi) is 5.29. The first-order chi connectivity index (χ1) is 9.69. The second-order valence-corrected chi connectivity index (χ2v) is 6.38. The zero-order valence-corrected chi connectivity index (χ0v) is 12.5. The Morgan fingerprint density at radius 1 is 1.38 bits per heavy atom. The van der Waals surface area contributed by atoms with E-state index in [2.05, 4.69) is 9.46 Å². The summed E-state index contributed by atoms with van der Waals surface area (Å²) in [6, 6.07) is 3.64. The second-order valence-electron chi connectivity index (χ2n) is 4.73. The van der Waals surface area contributed by atoms with Crippen molar-refractivity contribution in [3.63, 3.8) is 0 Å². The predicted molar refractivity (Wildman–Crippen MR) is 75.1 cm³/mol. The summed E-state index contributed by atoms with van der Waals surface area (Å²) in [7, 11) is -3.06. The van der Waals surface area contributed by atoms with Crippen LogP contribution in [-0.4, -0.2) is 50.5 Å². The van der Waals surface area contributed by atoms with Crippen molar-refractivity contribution in [2.45, 2.75) is 17.4 Å². The van der Waals surface area contributed by atoms with Gasteiger partial charge in [0.25, 0.3) is 0 Å². The maximum Gasteiger partial charge on any atom is 0.339 e. The molecule has 8 nitrogen and oxygen atoms in total. The van der Waals surface area contributed by atoms with Gasteiger partial charge < -0.3 is 20.7 Å². The van der Waals surface area contributed by atoms with Gasteiger partial charge >= 0.3 is 5.97 Å². The number of methoxy groups -OCH3 is 1. The number of rotatable bonds is 6. The molecule has 0 aliphatic carbocycles. The highest BCUT2D eigenvalue weighted by atomic mass is 32.2. The van der Waals surface area contributed by atoms with E-state index in [9.17, 15) is 13.2 Å². The highest BCUT2D eigenvalue weighted by Crippen LogP contribution is 2.21. The highest BCUT2D eigenvalue weighted by Gasteiger charge is 2.32. The minimum Gasteiger partial charge on any atom is -0.465 e. The number of aliphatic hydroxyl groups is 2. The minimum absolute atomic E-state index is 0.196. The van der Waals surface area contributed by atoms with E-state index >= 15 is 0 Å². The van der Waals surface area contributed by atoms with Gasteiger partial charge in [0.1, 0.15) is 0 Å². The Hall–Kier alpha value is -1.68. The van der Waals surface area contributed by atoms with Crippen LogP contribution in [0.15, 0.2) is 23.1 Å². The van der Waals surface area contributed by atoms with Crippen LogP contribution in [0.5, 0.6) is 0 Å². The number of anilines is 1. The van der Waals surface area contributed by atoms with Gasteiger partial charge in [-0.15, -0.1) is 0 Å². The SMILES string of the molecule is COC(=O)c1cc(N)ccc1S(=O)(=O)NC(C)(CO)CO. The Morgan fingerprint density at radius 2 is 1.95 bits per heavy atom. The van der Waals surface area contributed by atoms with Crippen LogP contribution in [0, 0.1) is 0 Å². The molecular weight excluding hydrogens is 300 g/mol. The van der Waals surface area contributed by atoms with Crippen molar-refractivity contribution < 1.29 is 28.2 Å². The number of carbonyl (C=O) groups excluding carboxylic acids is 1. The summed E-state index contributed by atoms with van der Waals surface area (Å²) >= 11 is 0. The Morgan fingerprint density at radius 3 is 2.43 bits per heavy atom. The van der Waals surface area contributed by atoms with Gasteiger partial charge in [-0.2, -0.15) is 0 Å². The van der Waals surface area contributed by atoms with Gasteiger partial charge in [0.15, 0.2) is 0 Å². The summed E-state index contributed by atoms with van der Waals surface area (Å²) in [5.41, 5.74) is 4.04. The smallest absolute Gasteiger partial charge is 0.339 e. The fourth-order valence-corrected chi connectivity index (χ4v) is 3.11. The molecule has 1 rings (SSSR count). The number of esters is 1. The van der Waals surface area contributed by atoms with Crippen molar-refractivity contribution in [2.75, 3.05) is 26.1 Å². The molecule has 0 spiro atoms. The molecule has 0 fully saturated rings. The molecular formula is C12H18N2O6S. The van der Waals surface area contributed by atoms with Crippen molar-refractivity contribution in [3.8, 4) is 0 Å². The summed E-state index contributed by atoms with van der Waals surface area (Å²) in [6.45, 7) is 0.0796. The van der Waals surface area contributed by atoms with Gasteiger partial charge in [-0.05, 0) is 25.1 Å². The number of nitrogen functional groups attached to an aromatic ring is 1. The molecule has 0 saturated carbocycles. The summed E-state index contributed by atoms with van der Waals surface area (Å²) in [6.07, 6.45) is 0. The lowest BCUT2D eigenvalue weighted by molar-refractivity contribution is 0.0596. The lowest BCUT2D eigenvalue weighted by Gasteiger charge is -2.26. The third kappa shape index (κ3) is 3.91. The van der Waals surface area contributed by atoms with Gasteiger partial charge in [0, 0.05) is 5.69 Å². The number of ether oxygens (including phenoxy) is 1. The van der Waals surface area contributed by atoms with Crippen LogP contribution < -0.4 is 10.5 Å². The van der Waals surface area contributed by atoms with Crippen LogP contribution in [0.2, 0.25) is 0 Å². The third-order valence-electron chi connectivity index (χ3n) is 2.78. The van der Waals surface area contributed by atoms with Crippen LogP contribution in [0.4, 0.5) is 5.69 Å². The average molecular weight is 318 g/mol. The predicted octanol–water partition coefficient (Wildman–Crippen LogP) is -0.923. The van der Waals surface area contributed by atoms with E-state index < -0.39 is 34.7 Å². The van der Waals surface area contributed by atoms with E-state index in [1.54, 1.807) is 0 Å². The number of aliphatic hydroxyl groups excluding tert-OH is 2. The van der Waals surface area contributed by atoms with Crippen molar-refractivity contribution in [1.82, 2.24) is 4.72 Å². The van der Waals surface area contributed by atoms with E-state index in [4.69, 9.17) is 15.9 Å². The van der Waals surface area contributed by atoms with Gasteiger partial charge in [0.2, 0.25) is 10.0 Å². The first-order valence-electron chi connectivity index (χ1n) is 5.92. The summed E-state index contributed by atoms with van der Waals surface area (Å²) in [5, 5.41) is 18.3. The maximum atomic E-state index is 12.3. The molecule has 5 N–H and O–H groups in total. The van der Waals surface area contributed by atoms with E-state index in [-0.39, 0.29) is 16.1 Å². The Labute approximate surface area is 122 Å². The first kappa shape index (κ1) is 17.4. The van der Waals surface area contributed by atoms with Gasteiger partial charge in [0.05, 0.1) is 36.3 Å². The average Bonchev–Trinajstić information content (AvgIpc) is 2.45. The van der Waals surface area contributed by atoms with Crippen LogP contribution >= 0.6 is 0 Å². The minimum atomic E-state index is -4.17. The monoisotopic (exact) mass is 318 g/mol. The summed E-state index contributed by atoms with van der Waals surface area (Å²) < 4.78 is 31.3. The molecule has 0 amide bonds. The van der Waals surface area contributed by atoms with E-state index in [1.807, 2.05) is 0 Å². The number of benzene rings is 1. The molecule has 0 radical (unpaired) electrons. The standard InChI is InChI=1S/C12H18N2O6S/c1-12(6-15,7-16)14-21(18,19)10-4-3-8(13)5-9(10)11(17)20-2/h3-5,14-16H,6-7,13H2,1-2H3. The van der Waals surface area contributed by atoms with E-state index in [1.165, 1.54) is 19.1 Å². The molecule has 0 atom stereocenters. The fourth-order valence-electron chi connectivity index (χ4n) is 1.55. The maximum absolute atomic E-state index is 12.3. The molecule has 118 valence electrons. The van der Waals surface area contributed by atoms with Crippen LogP contribution in [0.25, 0.3) is 0 Å². The van der Waals surface area contributed by atoms with Gasteiger partial charge in [-0.25, -0.2) is 17.9 Å². The largest absolute Gasteiger partial charge is 0.465 e. The molecule has 0 saturated heterocycles. The third-order valence-corrected chi connectivity index (χ3v) is 4.47. The quantitative estimate of drug-likeness (QED) is 0.393. The number of nitrogens with two attached hydrogens (primary N) is 1. The topological polar surface area (TPSA) is 139 Å². The first-order valence-corrected chi connectivity index (χ1v) is 7.41. The molecule has 0 bridgehead atoms. The molecule has 0 aliphatic rings. The zero-order chi connectivity index (χ0) is 16.3. The number of carbonyl (C=O) groups is 1. The Balaban J connectivity index is 3.35. The Bertz CT molecular complexity index is 625. The number of hydrogen-bond donors (Lipinski definition) is 4. The molecule has 0 aliphatic heterocycles. The van der Waals surface area contributed by atoms with E-state index in [0.29, 0.717) is 0 Å². The molecule has 1 aromatic rings. The number of hydrogen-bond acceptors (Lipinski definition) is 7. The second kappa shape index (κ2) is 6.39. The van der Waals surface area contributed by atoms with Crippen molar-refractivity contribution in [2.24, 2.45) is 0 Å². The molecule has 0 aromatic heterocycles. The van der Waals surface area contributed by atoms with E-state index in [0.717, 1.165) is 13.2 Å². The zero-order valence-electron chi connectivity index (χ0n) is 11.7. The number of sulfonamides is 1. The molecule has 1 aromatic carbocycles.